The number of hydrogen-bond donors (Lipinski definition) is 12. The Hall–Kier alpha value is -7.08. The summed E-state index contributed by atoms with van der Waals surface area (Å²) in [4.78, 5) is 129. The van der Waals surface area contributed by atoms with Crippen molar-refractivity contribution < 1.29 is 5.11 Å². The van der Waals surface area contributed by atoms with Gasteiger partial charge in [-0.1, -0.05) is 5.11 Å². The number of nitrogens with one attached hydrogen (secondary N) is 10. The van der Waals surface area contributed by atoms with Crippen LogP contribution in [0.5, 0.6) is 0 Å². The minimum atomic E-state index is -0.579. The van der Waals surface area contributed by atoms with Crippen molar-refractivity contribution in [3.63, 3.8) is 0 Å². The number of aliphatic hydroxyl groups is 1. The molecule has 0 spiro atoms. The van der Waals surface area contributed by atoms with E-state index < -0.39 is 50.7 Å². The number of nitrogens with two attached hydrogens (primary N) is 1. The van der Waals surface area contributed by atoms with E-state index in [2.05, 4.69) is 34.9 Å². The van der Waals surface area contributed by atoms with Crippen LogP contribution in [0, 0.1) is 0 Å². The zero-order valence-corrected chi connectivity index (χ0v) is 25.9. The van der Waals surface area contributed by atoms with E-state index in [4.69, 9.17) is 28.0 Å². The third kappa shape index (κ3) is 15.5. The third-order valence-electron chi connectivity index (χ3n) is 5.11. The van der Waals surface area contributed by atoms with Gasteiger partial charge in [0.2, 0.25) is 0 Å². The molecule has 25 nitrogen and oxygen atoms in total. The molecule has 50 heavy (non-hydrogen) atoms. The zero-order chi connectivity index (χ0) is 37.6. The molecule has 0 aliphatic rings. The first kappa shape index (κ1) is 40.9. The van der Waals surface area contributed by atoms with Crippen LogP contribution in [0.2, 0.25) is 0 Å². The van der Waals surface area contributed by atoms with Gasteiger partial charge in [-0.2, -0.15) is 0 Å². The Labute approximate surface area is 277 Å². The van der Waals surface area contributed by atoms with Crippen LogP contribution in [0.3, 0.4) is 0 Å². The van der Waals surface area contributed by atoms with Gasteiger partial charge in [-0.3, -0.25) is 48.9 Å². The first-order chi connectivity index (χ1) is 23.7. The monoisotopic (exact) mass is 722 g/mol. The molecule has 0 aliphatic heterocycles. The summed E-state index contributed by atoms with van der Waals surface area (Å²) < 4.78 is 0. The Morgan fingerprint density at radius 2 is 1.02 bits per heavy atom. The van der Waals surface area contributed by atoms with Crippen LogP contribution in [0.25, 0.3) is 10.4 Å². The van der Waals surface area contributed by atoms with Gasteiger partial charge in [0.05, 0.1) is 24.6 Å². The first-order valence-corrected chi connectivity index (χ1v) is 13.7. The molecule has 0 atom stereocenters. The van der Waals surface area contributed by atoms with Gasteiger partial charge in [-0.15, -0.1) is 11.6 Å². The maximum absolute atomic E-state index is 10.9. The summed E-state index contributed by atoms with van der Waals surface area (Å²) >= 11 is 5.34. The number of hydrogen-bond acceptors (Lipinski definition) is 13. The Morgan fingerprint density at radius 1 is 0.620 bits per heavy atom. The Bertz CT molecular complexity index is 2290. The van der Waals surface area contributed by atoms with E-state index in [9.17, 15) is 47.9 Å². The molecule has 5 heterocycles. The van der Waals surface area contributed by atoms with Gasteiger partial charge in [-0.25, -0.2) is 24.0 Å². The number of halogens is 1. The highest BCUT2D eigenvalue weighted by molar-refractivity contribution is 6.17. The second-order valence-electron chi connectivity index (χ2n) is 8.57. The van der Waals surface area contributed by atoms with Crippen LogP contribution in [0.15, 0.2) is 90.1 Å². The van der Waals surface area contributed by atoms with E-state index in [1.165, 1.54) is 37.1 Å². The highest BCUT2D eigenvalue weighted by Crippen LogP contribution is 1.89. The molecular formula is C24H27ClN14O11. The minimum Gasteiger partial charge on any atom is -0.391 e. The number of aliphatic hydroxyl groups excluding tert-OH is 1. The summed E-state index contributed by atoms with van der Waals surface area (Å²) in [5.74, 6) is 0.103. The van der Waals surface area contributed by atoms with Crippen molar-refractivity contribution in [3.05, 3.63) is 174 Å². The van der Waals surface area contributed by atoms with E-state index in [1.54, 1.807) is 0 Å². The van der Waals surface area contributed by atoms with Gasteiger partial charge in [0, 0.05) is 65.2 Å². The average molecular weight is 723 g/mol. The lowest BCUT2D eigenvalue weighted by molar-refractivity contribution is 0.279. The van der Waals surface area contributed by atoms with Crippen LogP contribution in [-0.4, -0.2) is 54.9 Å². The standard InChI is InChI=1S/C5H5ClN2O2.C5H5N5O2.C5H7N3O2.C5H6N2O3.C4H4N2O2/c6-1-3-2-7-5(10)8-4(3)9;6-10-8-2-3-1-7-5(12)9-4(3)11;6-1-3-2-7-5(10)8-4(3)9;8-2-3-1-6-5(10)7-4(3)9;7-3-1-2-5-4(8)6-3/h2H,1H2,(H2,7,8,9,10);1H,2H2,(H2,7,9,11,12);2H,1,6H2,(H2,7,8,9,10);1,8H,2H2,(H2,6,7,9,10);1-2H,(H2,5,6,7,8). The fourth-order valence-electron chi connectivity index (χ4n) is 2.73. The van der Waals surface area contributed by atoms with Crippen molar-refractivity contribution >= 4 is 11.6 Å². The molecule has 0 fully saturated rings. The van der Waals surface area contributed by atoms with Gasteiger partial charge in [0.1, 0.15) is 0 Å². The van der Waals surface area contributed by atoms with Crippen molar-refractivity contribution in [1.82, 2.24) is 49.8 Å². The normalized spacial score (nSPS) is 9.42. The summed E-state index contributed by atoms with van der Waals surface area (Å²) in [6.07, 6.45) is 6.30. The van der Waals surface area contributed by atoms with Crippen molar-refractivity contribution in [2.24, 2.45) is 10.8 Å². The average Bonchev–Trinajstić information content (AvgIpc) is 3.06. The number of aromatic amines is 10. The molecule has 0 saturated carbocycles. The van der Waals surface area contributed by atoms with E-state index >= 15 is 0 Å². The fraction of sp³-hybridized carbons (Fsp3) is 0.167. The van der Waals surface area contributed by atoms with Crippen LogP contribution in [0.4, 0.5) is 0 Å². The molecule has 0 unspecified atom stereocenters. The highest BCUT2D eigenvalue weighted by Gasteiger charge is 1.98. The molecule has 0 aromatic carbocycles. The molecule has 0 radical (unpaired) electrons. The number of alkyl halides is 1. The van der Waals surface area contributed by atoms with Gasteiger partial charge in [0.25, 0.3) is 27.8 Å². The third-order valence-corrected chi connectivity index (χ3v) is 5.40. The second-order valence-corrected chi connectivity index (χ2v) is 8.84. The van der Waals surface area contributed by atoms with Crippen molar-refractivity contribution in [2.45, 2.75) is 25.6 Å². The predicted molar refractivity (Wildman–Crippen MR) is 175 cm³/mol. The Balaban J connectivity index is 0.000000314. The summed E-state index contributed by atoms with van der Waals surface area (Å²) in [7, 11) is 0. The fourth-order valence-corrected chi connectivity index (χ4v) is 2.93. The van der Waals surface area contributed by atoms with E-state index in [-0.39, 0.29) is 42.3 Å². The second kappa shape index (κ2) is 21.7. The van der Waals surface area contributed by atoms with Crippen molar-refractivity contribution in [2.75, 3.05) is 0 Å². The van der Waals surface area contributed by atoms with Crippen molar-refractivity contribution in [1.29, 1.82) is 0 Å². The van der Waals surface area contributed by atoms with Crippen LogP contribution in [-0.2, 0) is 25.6 Å². The van der Waals surface area contributed by atoms with Gasteiger partial charge < -0.3 is 35.8 Å². The van der Waals surface area contributed by atoms with E-state index in [0.29, 0.717) is 11.1 Å². The molecule has 26 heteroatoms. The predicted octanol–water partition coefficient (Wildman–Crippen LogP) is -4.18. The topological polar surface area (TPSA) is 424 Å². The molecule has 5 aromatic heterocycles. The van der Waals surface area contributed by atoms with E-state index in [0.717, 1.165) is 0 Å². The number of aromatic nitrogens is 10. The van der Waals surface area contributed by atoms with Gasteiger partial charge in [0.15, 0.2) is 0 Å². The molecule has 13 N–H and O–H groups in total. The number of H-pyrrole nitrogens is 10. The van der Waals surface area contributed by atoms with Gasteiger partial charge >= 0.3 is 28.4 Å². The Kier molecular flexibility index (Phi) is 17.7. The summed E-state index contributed by atoms with van der Waals surface area (Å²) in [6.45, 7) is -0.305. The van der Waals surface area contributed by atoms with Crippen LogP contribution in [0.1, 0.15) is 22.3 Å². The maximum Gasteiger partial charge on any atom is 0.325 e. The number of nitrogens with zero attached hydrogens (tertiary/aromatic N) is 3. The molecule has 266 valence electrons. The smallest absolute Gasteiger partial charge is 0.325 e. The highest BCUT2D eigenvalue weighted by atomic mass is 35.5. The number of azide groups is 1. The van der Waals surface area contributed by atoms with Gasteiger partial charge in [-0.05, 0) is 5.53 Å². The lowest BCUT2D eigenvalue weighted by Gasteiger charge is -1.90. The Morgan fingerprint density at radius 3 is 1.34 bits per heavy atom. The molecule has 0 saturated heterocycles. The van der Waals surface area contributed by atoms with E-state index in [1.807, 2.05) is 24.9 Å². The molecule has 5 aromatic rings. The molecule has 0 bridgehead atoms. The number of rotatable bonds is 5. The molecule has 0 amide bonds. The molecule has 0 aliphatic carbocycles. The first-order valence-electron chi connectivity index (χ1n) is 13.1. The van der Waals surface area contributed by atoms with Crippen LogP contribution >= 0.6 is 11.6 Å². The van der Waals surface area contributed by atoms with Crippen molar-refractivity contribution in [3.8, 4) is 0 Å². The summed E-state index contributed by atoms with van der Waals surface area (Å²) in [5.41, 5.74) is 9.25. The SMILES string of the molecule is NCc1c[nH]c(=O)[nH]c1=O.O=c1[nH]cc(CCl)c(=O)[nH]1.O=c1[nH]cc(CO)c(=O)[nH]1.O=c1cc[nH]c(=O)[nH]1.[N-]=[N+]=NCc1c[nH]c(=O)[nH]c1=O. The largest absolute Gasteiger partial charge is 0.391 e. The van der Waals surface area contributed by atoms with Crippen LogP contribution < -0.4 is 62.0 Å². The lowest BCUT2D eigenvalue weighted by Crippen LogP contribution is -2.25. The summed E-state index contributed by atoms with van der Waals surface area (Å²) in [6, 6.07) is 1.24. The molecular weight excluding hydrogens is 696 g/mol. The summed E-state index contributed by atoms with van der Waals surface area (Å²) in [5, 5.41) is 11.6. The minimum absolute atomic E-state index is 0.0669. The quantitative estimate of drug-likeness (QED) is 0.0356. The maximum atomic E-state index is 10.9. The molecule has 5 rings (SSSR count). The zero-order valence-electron chi connectivity index (χ0n) is 25.1. The lowest BCUT2D eigenvalue weighted by atomic mass is 10.3.